The Morgan fingerprint density at radius 2 is 1.39 bits per heavy atom. The van der Waals surface area contributed by atoms with Crippen LogP contribution in [0.25, 0.3) is 0 Å². The maximum absolute atomic E-state index is 13.1. The maximum Gasteiger partial charge on any atom is 0.307 e. The summed E-state index contributed by atoms with van der Waals surface area (Å²) in [6.07, 6.45) is 3.47. The van der Waals surface area contributed by atoms with Crippen LogP contribution in [0.1, 0.15) is 57.2 Å². The van der Waals surface area contributed by atoms with Crippen molar-refractivity contribution < 1.29 is 18.8 Å². The number of esters is 1. The molecule has 0 aromatic heterocycles. The molecule has 3 aromatic carbocycles. The van der Waals surface area contributed by atoms with Crippen molar-refractivity contribution in [2.75, 3.05) is 52.4 Å². The first-order chi connectivity index (χ1) is 23.5. The highest BCUT2D eigenvalue weighted by molar-refractivity contribution is 6.74. The van der Waals surface area contributed by atoms with E-state index in [2.05, 4.69) is 141 Å². The highest BCUT2D eigenvalue weighted by Gasteiger charge is 2.46. The van der Waals surface area contributed by atoms with E-state index in [0.717, 1.165) is 26.1 Å². The topological polar surface area (TPSA) is 62.3 Å². The molecule has 0 saturated carbocycles. The molecule has 1 atom stereocenters. The number of carbonyl (C=O) groups is 2. The van der Waals surface area contributed by atoms with E-state index in [1.54, 1.807) is 11.8 Å². The van der Waals surface area contributed by atoms with Crippen LogP contribution in [0.2, 0.25) is 18.1 Å². The quantitative estimate of drug-likeness (QED) is 0.0880. The molecule has 2 saturated heterocycles. The first-order valence-corrected chi connectivity index (χ1v) is 20.8. The van der Waals surface area contributed by atoms with E-state index >= 15 is 0 Å². The van der Waals surface area contributed by atoms with Crippen LogP contribution in [0.4, 0.5) is 0 Å². The van der Waals surface area contributed by atoms with Gasteiger partial charge >= 0.3 is 5.97 Å². The lowest BCUT2D eigenvalue weighted by molar-refractivity contribution is -0.144. The van der Waals surface area contributed by atoms with E-state index in [4.69, 9.17) is 9.16 Å². The molecular weight excluding hydrogens is 627 g/mol. The summed E-state index contributed by atoms with van der Waals surface area (Å²) in [4.78, 5) is 31.7. The zero-order valence-electron chi connectivity index (χ0n) is 30.4. The fourth-order valence-corrected chi connectivity index (χ4v) is 8.28. The van der Waals surface area contributed by atoms with E-state index in [9.17, 15) is 9.59 Å². The van der Waals surface area contributed by atoms with Gasteiger partial charge in [-0.3, -0.25) is 19.4 Å². The number of benzene rings is 3. The van der Waals surface area contributed by atoms with Crippen molar-refractivity contribution in [1.29, 1.82) is 0 Å². The van der Waals surface area contributed by atoms with Gasteiger partial charge in [0.05, 0.1) is 31.2 Å². The highest BCUT2D eigenvalue weighted by Crippen LogP contribution is 2.45. The van der Waals surface area contributed by atoms with Crippen molar-refractivity contribution in [3.05, 3.63) is 119 Å². The van der Waals surface area contributed by atoms with Crippen LogP contribution in [0.5, 0.6) is 0 Å². The molecule has 0 bridgehead atoms. The van der Waals surface area contributed by atoms with Gasteiger partial charge < -0.3 is 14.1 Å². The molecule has 5 rings (SSSR count). The minimum Gasteiger partial charge on any atom is -0.466 e. The van der Waals surface area contributed by atoms with Crippen molar-refractivity contribution in [2.45, 2.75) is 70.3 Å². The molecule has 1 amide bonds. The summed E-state index contributed by atoms with van der Waals surface area (Å²) >= 11 is 0. The molecule has 49 heavy (non-hydrogen) atoms. The molecule has 2 heterocycles. The SMILES string of the molecule is CCOC(=O)CCN1CCN(CC=C2CN(C(c3ccccc3)(c3ccccc3)c3ccccc3)CCC2O[Si](C)(C)C(C)(C)C)CC1=O. The van der Waals surface area contributed by atoms with Crippen LogP contribution in [0.3, 0.4) is 0 Å². The van der Waals surface area contributed by atoms with Gasteiger partial charge in [-0.2, -0.15) is 0 Å². The number of nitrogens with zero attached hydrogens (tertiary/aromatic N) is 3. The standard InChI is InChI=1S/C41H55N3O4Si/c1-7-47-39(46)25-27-43-30-29-42(32-38(43)45)26-23-33-31-44(28-24-37(33)48-49(5,6)40(2,3)4)41(34-17-11-8-12-18-34,35-19-13-9-14-20-35)36-21-15-10-16-22-36/h8-23,37H,7,24-32H2,1-6H3. The van der Waals surface area contributed by atoms with Crippen LogP contribution in [-0.2, 0) is 24.3 Å². The number of carbonyl (C=O) groups excluding carboxylic acids is 2. The third-order valence-electron chi connectivity index (χ3n) is 10.6. The van der Waals surface area contributed by atoms with E-state index in [0.29, 0.717) is 32.8 Å². The van der Waals surface area contributed by atoms with Crippen molar-refractivity contribution in [3.8, 4) is 0 Å². The fraction of sp³-hybridized carbons (Fsp3) is 0.463. The van der Waals surface area contributed by atoms with Crippen molar-refractivity contribution >= 4 is 20.2 Å². The van der Waals surface area contributed by atoms with Crippen molar-refractivity contribution in [1.82, 2.24) is 14.7 Å². The van der Waals surface area contributed by atoms with Crippen LogP contribution in [0, 0.1) is 0 Å². The molecule has 2 aliphatic heterocycles. The van der Waals surface area contributed by atoms with Crippen LogP contribution in [-0.4, -0.2) is 93.4 Å². The fourth-order valence-electron chi connectivity index (χ4n) is 6.95. The lowest BCUT2D eigenvalue weighted by Crippen LogP contribution is -2.55. The first kappa shape index (κ1) is 36.7. The van der Waals surface area contributed by atoms with Gasteiger partial charge in [-0.05, 0) is 53.7 Å². The molecule has 0 N–H and O–H groups in total. The summed E-state index contributed by atoms with van der Waals surface area (Å²) in [5, 5.41) is 0.0867. The lowest BCUT2D eigenvalue weighted by Gasteiger charge is -2.50. The van der Waals surface area contributed by atoms with E-state index in [1.165, 1.54) is 22.3 Å². The number of hydrogen-bond donors (Lipinski definition) is 0. The minimum atomic E-state index is -2.08. The second-order valence-electron chi connectivity index (χ2n) is 14.8. The van der Waals surface area contributed by atoms with Gasteiger partial charge in [-0.25, -0.2) is 0 Å². The predicted molar refractivity (Wildman–Crippen MR) is 200 cm³/mol. The monoisotopic (exact) mass is 681 g/mol. The Labute approximate surface area is 295 Å². The number of likely N-dealkylation sites (tertiary alicyclic amines) is 1. The highest BCUT2D eigenvalue weighted by atomic mass is 28.4. The summed E-state index contributed by atoms with van der Waals surface area (Å²) < 4.78 is 12.3. The Bertz CT molecular complexity index is 1460. The third-order valence-corrected chi connectivity index (χ3v) is 15.1. The second kappa shape index (κ2) is 16.0. The van der Waals surface area contributed by atoms with Crippen molar-refractivity contribution in [3.63, 3.8) is 0 Å². The van der Waals surface area contributed by atoms with Gasteiger partial charge in [0.15, 0.2) is 8.32 Å². The number of piperazine rings is 1. The largest absolute Gasteiger partial charge is 0.466 e. The summed E-state index contributed by atoms with van der Waals surface area (Å²) in [6.45, 7) is 18.1. The summed E-state index contributed by atoms with van der Waals surface area (Å²) in [5.41, 5.74) is 4.48. The van der Waals surface area contributed by atoms with E-state index in [1.807, 2.05) is 0 Å². The third kappa shape index (κ3) is 8.43. The number of hydrogen-bond acceptors (Lipinski definition) is 6. The molecule has 262 valence electrons. The Balaban J connectivity index is 1.48. The number of ether oxygens (including phenoxy) is 1. The molecule has 8 heteroatoms. The molecule has 7 nitrogen and oxygen atoms in total. The Hall–Kier alpha value is -3.56. The molecule has 1 unspecified atom stereocenters. The van der Waals surface area contributed by atoms with Gasteiger partial charge in [-0.15, -0.1) is 0 Å². The molecule has 0 radical (unpaired) electrons. The van der Waals surface area contributed by atoms with Crippen LogP contribution < -0.4 is 0 Å². The summed E-state index contributed by atoms with van der Waals surface area (Å²) in [7, 11) is -2.08. The van der Waals surface area contributed by atoms with Gasteiger partial charge in [0, 0.05) is 39.3 Å². The second-order valence-corrected chi connectivity index (χ2v) is 19.6. The van der Waals surface area contributed by atoms with Gasteiger partial charge in [0.25, 0.3) is 0 Å². The van der Waals surface area contributed by atoms with Crippen molar-refractivity contribution in [2.24, 2.45) is 0 Å². The number of piperidine rings is 1. The molecule has 3 aromatic rings. The maximum atomic E-state index is 13.1. The molecule has 2 fully saturated rings. The zero-order chi connectivity index (χ0) is 35.1. The zero-order valence-corrected chi connectivity index (χ0v) is 31.4. The first-order valence-electron chi connectivity index (χ1n) is 17.9. The smallest absolute Gasteiger partial charge is 0.307 e. The minimum absolute atomic E-state index is 0.0127. The Morgan fingerprint density at radius 3 is 1.88 bits per heavy atom. The average Bonchev–Trinajstić information content (AvgIpc) is 3.09. The summed E-state index contributed by atoms with van der Waals surface area (Å²) in [6, 6.07) is 32.7. The van der Waals surface area contributed by atoms with E-state index < -0.39 is 13.9 Å². The van der Waals surface area contributed by atoms with E-state index in [-0.39, 0.29) is 29.4 Å². The molecule has 2 aliphatic rings. The van der Waals surface area contributed by atoms with Crippen LogP contribution >= 0.6 is 0 Å². The molecular formula is C41H55N3O4Si. The Kier molecular flexibility index (Phi) is 12.0. The molecule has 0 spiro atoms. The number of amides is 1. The van der Waals surface area contributed by atoms with Gasteiger partial charge in [-0.1, -0.05) is 118 Å². The lowest BCUT2D eigenvalue weighted by atomic mass is 9.74. The molecule has 0 aliphatic carbocycles. The van der Waals surface area contributed by atoms with Gasteiger partial charge in [0.1, 0.15) is 0 Å². The van der Waals surface area contributed by atoms with Gasteiger partial charge in [0.2, 0.25) is 5.91 Å². The average molecular weight is 682 g/mol. The predicted octanol–water partition coefficient (Wildman–Crippen LogP) is 7.10. The summed E-state index contributed by atoms with van der Waals surface area (Å²) in [5.74, 6) is -0.195. The normalized spacial score (nSPS) is 19.3. The number of rotatable bonds is 12. The van der Waals surface area contributed by atoms with Crippen LogP contribution in [0.15, 0.2) is 103 Å². The Morgan fingerprint density at radius 1 is 0.837 bits per heavy atom.